The summed E-state index contributed by atoms with van der Waals surface area (Å²) in [6.45, 7) is 2.29. The molecular weight excluding hydrogens is 412 g/mol. The average molecular weight is 444 g/mol. The van der Waals surface area contributed by atoms with Crippen LogP contribution in [0.4, 0.5) is 0 Å². The summed E-state index contributed by atoms with van der Waals surface area (Å²) in [4.78, 5) is 0. The van der Waals surface area contributed by atoms with E-state index in [-0.39, 0.29) is 10.8 Å². The second kappa shape index (κ2) is 6.30. The number of para-hydroxylation sites is 1. The number of aryl methyl sites for hydroxylation is 2. The lowest BCUT2D eigenvalue weighted by atomic mass is 9.52. The first-order valence-corrected chi connectivity index (χ1v) is 13.1. The van der Waals surface area contributed by atoms with Crippen LogP contribution in [0.1, 0.15) is 61.8 Å². The standard InChI is InChI=1S/C32H31N2/c1-21-11-8-14-23-24-15-9-16-25-28(24)34-29(32-18-7-6-17-31(25,32)19-10-20-32)27(22-12-4-3-5-13-22)33(2)30(34)26(21)23/h3-5,8-9,11-16H,6-7,10,17-20H2,1-2H3/q+1. The van der Waals surface area contributed by atoms with Crippen molar-refractivity contribution in [1.82, 2.24) is 4.40 Å². The van der Waals surface area contributed by atoms with Crippen LogP contribution in [0.15, 0.2) is 66.7 Å². The highest BCUT2D eigenvalue weighted by atomic mass is 15.1. The Labute approximate surface area is 200 Å². The maximum Gasteiger partial charge on any atom is 0.295 e. The van der Waals surface area contributed by atoms with E-state index in [0.29, 0.717) is 0 Å². The molecule has 168 valence electrons. The third kappa shape index (κ3) is 1.96. The Morgan fingerprint density at radius 3 is 2.29 bits per heavy atom. The number of nitrogens with zero attached hydrogens (tertiary/aromatic N) is 2. The van der Waals surface area contributed by atoms with Gasteiger partial charge < -0.3 is 0 Å². The molecule has 0 radical (unpaired) electrons. The molecule has 0 amide bonds. The number of imidazole rings is 1. The van der Waals surface area contributed by atoms with Gasteiger partial charge in [0, 0.05) is 32.7 Å². The van der Waals surface area contributed by atoms with Gasteiger partial charge in [-0.1, -0.05) is 86.0 Å². The Kier molecular flexibility index (Phi) is 3.56. The lowest BCUT2D eigenvalue weighted by Crippen LogP contribution is -2.50. The Hall–Kier alpha value is -3.13. The molecule has 0 N–H and O–H groups in total. The zero-order valence-electron chi connectivity index (χ0n) is 20.2. The molecule has 8 rings (SSSR count). The molecule has 2 fully saturated rings. The lowest BCUT2D eigenvalue weighted by Gasteiger charge is -2.50. The van der Waals surface area contributed by atoms with Crippen LogP contribution >= 0.6 is 0 Å². The molecule has 3 heterocycles. The first-order valence-electron chi connectivity index (χ1n) is 13.1. The average Bonchev–Trinajstić information content (AvgIpc) is 3.42. The van der Waals surface area contributed by atoms with Gasteiger partial charge in [-0.25, -0.2) is 4.57 Å². The van der Waals surface area contributed by atoms with Gasteiger partial charge in [-0.05, 0) is 38.2 Å². The molecule has 2 heteroatoms. The molecule has 2 nitrogen and oxygen atoms in total. The number of hydrogen-bond donors (Lipinski definition) is 0. The maximum absolute atomic E-state index is 2.75. The first kappa shape index (κ1) is 19.2. The maximum atomic E-state index is 2.75. The summed E-state index contributed by atoms with van der Waals surface area (Å²) in [6.07, 6.45) is 9.37. The Bertz CT molecular complexity index is 1660. The molecule has 1 aliphatic heterocycles. The number of pyridine rings is 1. The number of aromatic nitrogens is 2. The minimum atomic E-state index is 0.234. The fourth-order valence-corrected chi connectivity index (χ4v) is 8.81. The van der Waals surface area contributed by atoms with Crippen molar-refractivity contribution in [3.05, 3.63) is 83.6 Å². The van der Waals surface area contributed by atoms with E-state index in [0.717, 1.165) is 0 Å². The van der Waals surface area contributed by atoms with Crippen molar-refractivity contribution in [2.24, 2.45) is 7.05 Å². The summed E-state index contributed by atoms with van der Waals surface area (Å²) in [5.74, 6) is 0. The summed E-state index contributed by atoms with van der Waals surface area (Å²) < 4.78 is 5.30. The van der Waals surface area contributed by atoms with Crippen molar-refractivity contribution in [2.75, 3.05) is 0 Å². The highest BCUT2D eigenvalue weighted by molar-refractivity contribution is 6.14. The minimum Gasteiger partial charge on any atom is -0.225 e. The molecule has 3 aromatic carbocycles. The second-order valence-corrected chi connectivity index (χ2v) is 11.2. The fraction of sp³-hybridized carbons (Fsp3) is 0.344. The molecule has 0 saturated heterocycles. The second-order valence-electron chi connectivity index (χ2n) is 11.2. The first-order chi connectivity index (χ1) is 16.7. The molecule has 2 saturated carbocycles. The smallest absolute Gasteiger partial charge is 0.225 e. The number of fused-ring (bicyclic) bond motifs is 3. The summed E-state index contributed by atoms with van der Waals surface area (Å²) in [6, 6.07) is 25.3. The van der Waals surface area contributed by atoms with Gasteiger partial charge >= 0.3 is 0 Å². The van der Waals surface area contributed by atoms with Crippen molar-refractivity contribution in [1.29, 1.82) is 0 Å². The number of rotatable bonds is 1. The zero-order valence-corrected chi connectivity index (χ0v) is 20.2. The predicted octanol–water partition coefficient (Wildman–Crippen LogP) is 7.29. The minimum absolute atomic E-state index is 0.234. The molecule has 2 atom stereocenters. The molecule has 2 aromatic heterocycles. The Morgan fingerprint density at radius 2 is 1.44 bits per heavy atom. The topological polar surface area (TPSA) is 8.29 Å². The molecular formula is C32H31N2+. The van der Waals surface area contributed by atoms with E-state index in [4.69, 9.17) is 0 Å². The van der Waals surface area contributed by atoms with Gasteiger partial charge in [0.15, 0.2) is 11.4 Å². The van der Waals surface area contributed by atoms with Crippen LogP contribution in [-0.4, -0.2) is 4.40 Å². The Balaban J connectivity index is 1.73. The SMILES string of the molecule is Cc1cccc2c3cccc4c3n3c(c(-c5ccccc5)[n+](C)c3c12)C12CCCCC41CCC2. The van der Waals surface area contributed by atoms with Crippen molar-refractivity contribution in [3.63, 3.8) is 0 Å². The van der Waals surface area contributed by atoms with Crippen LogP contribution in [0.2, 0.25) is 0 Å². The van der Waals surface area contributed by atoms with Gasteiger partial charge in [-0.15, -0.1) is 0 Å². The highest BCUT2D eigenvalue weighted by Crippen LogP contribution is 2.66. The van der Waals surface area contributed by atoms with E-state index in [1.54, 1.807) is 11.3 Å². The van der Waals surface area contributed by atoms with Gasteiger partial charge in [-0.3, -0.25) is 0 Å². The molecule has 2 aliphatic carbocycles. The van der Waals surface area contributed by atoms with Crippen molar-refractivity contribution < 1.29 is 4.57 Å². The van der Waals surface area contributed by atoms with Crippen molar-refractivity contribution in [2.45, 2.75) is 62.7 Å². The predicted molar refractivity (Wildman–Crippen MR) is 139 cm³/mol. The van der Waals surface area contributed by atoms with Crippen LogP contribution in [0.3, 0.4) is 0 Å². The van der Waals surface area contributed by atoms with Gasteiger partial charge in [0.2, 0.25) is 0 Å². The summed E-state index contributed by atoms with van der Waals surface area (Å²) in [5, 5.41) is 4.25. The third-order valence-electron chi connectivity index (χ3n) is 9.96. The van der Waals surface area contributed by atoms with Crippen molar-refractivity contribution >= 4 is 27.3 Å². The third-order valence-corrected chi connectivity index (χ3v) is 9.96. The largest absolute Gasteiger partial charge is 0.295 e. The van der Waals surface area contributed by atoms with E-state index in [9.17, 15) is 0 Å². The highest BCUT2D eigenvalue weighted by Gasteiger charge is 2.64. The quantitative estimate of drug-likeness (QED) is 0.190. The van der Waals surface area contributed by atoms with Crippen LogP contribution in [0.5, 0.6) is 0 Å². The number of benzene rings is 3. The van der Waals surface area contributed by atoms with E-state index in [1.165, 1.54) is 89.1 Å². The van der Waals surface area contributed by atoms with E-state index >= 15 is 0 Å². The fourth-order valence-electron chi connectivity index (χ4n) is 8.81. The van der Waals surface area contributed by atoms with Crippen LogP contribution in [0, 0.1) is 6.92 Å². The van der Waals surface area contributed by atoms with Crippen LogP contribution in [0.25, 0.3) is 38.6 Å². The lowest BCUT2D eigenvalue weighted by molar-refractivity contribution is -0.632. The van der Waals surface area contributed by atoms with Gasteiger partial charge in [-0.2, -0.15) is 4.40 Å². The van der Waals surface area contributed by atoms with Crippen LogP contribution in [-0.2, 0) is 17.9 Å². The number of hydrogen-bond acceptors (Lipinski definition) is 0. The molecule has 2 unspecified atom stereocenters. The van der Waals surface area contributed by atoms with Crippen LogP contribution < -0.4 is 4.57 Å². The van der Waals surface area contributed by atoms with Gasteiger partial charge in [0.1, 0.15) is 5.52 Å². The molecule has 0 spiro atoms. The van der Waals surface area contributed by atoms with Gasteiger partial charge in [0.25, 0.3) is 5.65 Å². The van der Waals surface area contributed by atoms with E-state index in [2.05, 4.69) is 89.7 Å². The van der Waals surface area contributed by atoms with E-state index < -0.39 is 0 Å². The molecule has 0 bridgehead atoms. The van der Waals surface area contributed by atoms with E-state index in [1.807, 2.05) is 0 Å². The summed E-state index contributed by atoms with van der Waals surface area (Å²) in [5.41, 5.74) is 10.8. The van der Waals surface area contributed by atoms with Crippen molar-refractivity contribution in [3.8, 4) is 11.3 Å². The summed E-state index contributed by atoms with van der Waals surface area (Å²) >= 11 is 0. The summed E-state index contributed by atoms with van der Waals surface area (Å²) in [7, 11) is 2.32. The monoisotopic (exact) mass is 443 g/mol. The Morgan fingerprint density at radius 1 is 0.735 bits per heavy atom. The molecule has 34 heavy (non-hydrogen) atoms. The zero-order chi connectivity index (χ0) is 22.7. The molecule has 3 aliphatic rings. The van der Waals surface area contributed by atoms with Gasteiger partial charge in [0.05, 0.1) is 12.4 Å². The normalized spacial score (nSPS) is 25.4. The molecule has 5 aromatic rings.